The topological polar surface area (TPSA) is 133 Å². The van der Waals surface area contributed by atoms with Crippen molar-refractivity contribution in [2.24, 2.45) is 0 Å². The van der Waals surface area contributed by atoms with E-state index in [9.17, 15) is 30.4 Å². The Balaban J connectivity index is 1.90. The number of carbonyl (C=O) groups is 1. The molecule has 0 aromatic heterocycles. The molecule has 8 nitrogen and oxygen atoms in total. The summed E-state index contributed by atoms with van der Waals surface area (Å²) in [6.45, 7) is -0.304. The molecule has 3 rings (SSSR count). The van der Waals surface area contributed by atoms with E-state index in [0.717, 1.165) is 6.08 Å². The molecule has 0 aliphatic carbocycles. The molecule has 0 saturated heterocycles. The second-order valence-corrected chi connectivity index (χ2v) is 6.26. The number of hydrogen-bond acceptors (Lipinski definition) is 7. The maximum atomic E-state index is 13.0. The Hall–Kier alpha value is -3.33. The van der Waals surface area contributed by atoms with E-state index in [1.807, 2.05) is 0 Å². The average Bonchev–Trinajstić information content (AvgIpc) is 2.74. The van der Waals surface area contributed by atoms with E-state index in [1.54, 1.807) is 60.7 Å². The Morgan fingerprint density at radius 2 is 1.50 bits per heavy atom. The van der Waals surface area contributed by atoms with Gasteiger partial charge in [0.15, 0.2) is 5.60 Å². The summed E-state index contributed by atoms with van der Waals surface area (Å²) in [5.74, 6) is -2.10. The van der Waals surface area contributed by atoms with E-state index in [2.05, 4.69) is 5.32 Å². The average molecular weight is 384 g/mol. The SMILES string of the molecule is O=C(NCC1=C(O)C(O)N(O)C(O)=C1)C(O)(c1ccccc1)c1ccccc1. The zero-order valence-corrected chi connectivity index (χ0v) is 14.7. The number of rotatable bonds is 5. The Morgan fingerprint density at radius 1 is 1.00 bits per heavy atom. The van der Waals surface area contributed by atoms with Crippen molar-refractivity contribution >= 4 is 5.91 Å². The quantitative estimate of drug-likeness (QED) is 0.457. The first-order chi connectivity index (χ1) is 13.4. The van der Waals surface area contributed by atoms with Gasteiger partial charge in [0.2, 0.25) is 12.1 Å². The molecule has 6 N–H and O–H groups in total. The first-order valence-electron chi connectivity index (χ1n) is 8.46. The summed E-state index contributed by atoms with van der Waals surface area (Å²) in [7, 11) is 0. The number of carbonyl (C=O) groups excluding carboxylic acids is 1. The molecule has 1 aliphatic rings. The van der Waals surface area contributed by atoms with Crippen LogP contribution in [0.3, 0.4) is 0 Å². The fraction of sp³-hybridized carbons (Fsp3) is 0.150. The molecular weight excluding hydrogens is 364 g/mol. The third-order valence-corrected chi connectivity index (χ3v) is 4.49. The highest BCUT2D eigenvalue weighted by molar-refractivity contribution is 5.90. The highest BCUT2D eigenvalue weighted by Gasteiger charge is 2.40. The lowest BCUT2D eigenvalue weighted by Crippen LogP contribution is -2.46. The molecule has 0 fully saturated rings. The molecule has 2 aromatic carbocycles. The zero-order chi connectivity index (χ0) is 20.3. The van der Waals surface area contributed by atoms with Crippen LogP contribution in [0.25, 0.3) is 0 Å². The van der Waals surface area contributed by atoms with Crippen molar-refractivity contribution in [3.05, 3.63) is 95.1 Å². The Bertz CT molecular complexity index is 871. The van der Waals surface area contributed by atoms with Crippen LogP contribution in [-0.4, -0.2) is 49.4 Å². The summed E-state index contributed by atoms with van der Waals surface area (Å²) in [4.78, 5) is 13.0. The van der Waals surface area contributed by atoms with Crippen molar-refractivity contribution < 1.29 is 30.4 Å². The molecular formula is C20H20N2O6. The molecule has 1 aliphatic heterocycles. The summed E-state index contributed by atoms with van der Waals surface area (Å²) in [6.07, 6.45) is -0.870. The number of aliphatic hydroxyl groups is 4. The van der Waals surface area contributed by atoms with E-state index in [0.29, 0.717) is 11.1 Å². The first kappa shape index (κ1) is 19.4. The third-order valence-electron chi connectivity index (χ3n) is 4.49. The van der Waals surface area contributed by atoms with Gasteiger partial charge in [0, 0.05) is 18.2 Å². The van der Waals surface area contributed by atoms with Gasteiger partial charge in [-0.1, -0.05) is 60.7 Å². The molecule has 0 radical (unpaired) electrons. The normalized spacial score (nSPS) is 17.3. The molecule has 146 valence electrons. The fourth-order valence-corrected chi connectivity index (χ4v) is 2.94. The van der Waals surface area contributed by atoms with Crippen molar-refractivity contribution in [2.75, 3.05) is 6.54 Å². The van der Waals surface area contributed by atoms with Gasteiger partial charge in [0.1, 0.15) is 5.76 Å². The van der Waals surface area contributed by atoms with Crippen LogP contribution < -0.4 is 5.32 Å². The molecule has 28 heavy (non-hydrogen) atoms. The first-order valence-corrected chi connectivity index (χ1v) is 8.46. The van der Waals surface area contributed by atoms with Crippen molar-refractivity contribution in [1.82, 2.24) is 10.4 Å². The van der Waals surface area contributed by atoms with Crippen molar-refractivity contribution in [1.29, 1.82) is 0 Å². The summed E-state index contributed by atoms with van der Waals surface area (Å²) >= 11 is 0. The predicted molar refractivity (Wildman–Crippen MR) is 98.9 cm³/mol. The van der Waals surface area contributed by atoms with Crippen LogP contribution in [0.5, 0.6) is 0 Å². The van der Waals surface area contributed by atoms with Gasteiger partial charge in [-0.3, -0.25) is 10.0 Å². The van der Waals surface area contributed by atoms with Crippen molar-refractivity contribution in [3.8, 4) is 0 Å². The third kappa shape index (κ3) is 3.44. The Kier molecular flexibility index (Phi) is 5.36. The van der Waals surface area contributed by atoms with Crippen LogP contribution in [0.2, 0.25) is 0 Å². The van der Waals surface area contributed by atoms with Gasteiger partial charge in [-0.25, -0.2) is 0 Å². The van der Waals surface area contributed by atoms with Crippen molar-refractivity contribution in [3.63, 3.8) is 0 Å². The largest absolute Gasteiger partial charge is 0.507 e. The van der Waals surface area contributed by atoms with Gasteiger partial charge >= 0.3 is 0 Å². The zero-order valence-electron chi connectivity index (χ0n) is 14.7. The van der Waals surface area contributed by atoms with E-state index >= 15 is 0 Å². The number of aliphatic hydroxyl groups excluding tert-OH is 3. The van der Waals surface area contributed by atoms with Crippen molar-refractivity contribution in [2.45, 2.75) is 11.8 Å². The van der Waals surface area contributed by atoms with Crippen LogP contribution in [0, 0.1) is 0 Å². The summed E-state index contributed by atoms with van der Waals surface area (Å²) < 4.78 is 0. The van der Waals surface area contributed by atoms with Gasteiger partial charge in [0.05, 0.1) is 0 Å². The number of benzene rings is 2. The minimum Gasteiger partial charge on any atom is -0.507 e. The second kappa shape index (κ2) is 7.73. The maximum absolute atomic E-state index is 13.0. The minimum absolute atomic E-state index is 0.0212. The maximum Gasteiger partial charge on any atom is 0.261 e. The van der Waals surface area contributed by atoms with E-state index < -0.39 is 29.4 Å². The van der Waals surface area contributed by atoms with Gasteiger partial charge in [-0.2, -0.15) is 5.06 Å². The number of nitrogens with zero attached hydrogens (tertiary/aromatic N) is 1. The molecule has 1 atom stereocenters. The van der Waals surface area contributed by atoms with E-state index in [1.165, 1.54) is 0 Å². The summed E-state index contributed by atoms with van der Waals surface area (Å²) in [5.41, 5.74) is -1.33. The van der Waals surface area contributed by atoms with E-state index in [4.69, 9.17) is 0 Å². The lowest BCUT2D eigenvalue weighted by Gasteiger charge is -2.29. The minimum atomic E-state index is -2.00. The number of hydroxylamine groups is 2. The smallest absolute Gasteiger partial charge is 0.261 e. The number of amides is 1. The number of nitrogens with one attached hydrogen (secondary N) is 1. The molecule has 0 bridgehead atoms. The Labute approximate surface area is 160 Å². The molecule has 0 spiro atoms. The van der Waals surface area contributed by atoms with Crippen LogP contribution in [0.1, 0.15) is 11.1 Å². The highest BCUT2D eigenvalue weighted by atomic mass is 16.6. The molecule has 1 unspecified atom stereocenters. The lowest BCUT2D eigenvalue weighted by atomic mass is 9.85. The molecule has 0 saturated carbocycles. The fourth-order valence-electron chi connectivity index (χ4n) is 2.94. The van der Waals surface area contributed by atoms with Gasteiger partial charge in [-0.05, 0) is 11.1 Å². The molecule has 8 heteroatoms. The van der Waals surface area contributed by atoms with E-state index in [-0.39, 0.29) is 17.2 Å². The predicted octanol–water partition coefficient (Wildman–Crippen LogP) is 1.27. The van der Waals surface area contributed by atoms with Crippen LogP contribution in [-0.2, 0) is 10.4 Å². The van der Waals surface area contributed by atoms with Gasteiger partial charge in [0.25, 0.3) is 5.91 Å². The molecule has 1 amide bonds. The number of hydrogen-bond donors (Lipinski definition) is 6. The molecule has 2 aromatic rings. The monoisotopic (exact) mass is 384 g/mol. The standard InChI is InChI=1S/C20H20N2O6/c23-16-11-13(17(24)18(25)22(16)28)12-21-19(26)20(27,14-7-3-1-4-8-14)15-9-5-2-6-10-15/h1-11,18,23-25,27-28H,12H2,(H,21,26). The molecule has 1 heterocycles. The highest BCUT2D eigenvalue weighted by Crippen LogP contribution is 2.30. The Morgan fingerprint density at radius 3 is 2.00 bits per heavy atom. The van der Waals surface area contributed by atoms with Crippen LogP contribution in [0.4, 0.5) is 0 Å². The van der Waals surface area contributed by atoms with Gasteiger partial charge < -0.3 is 25.7 Å². The van der Waals surface area contributed by atoms with Crippen LogP contribution in [0.15, 0.2) is 84.0 Å². The summed E-state index contributed by atoms with van der Waals surface area (Å²) in [6, 6.07) is 16.7. The van der Waals surface area contributed by atoms with Gasteiger partial charge in [-0.15, -0.1) is 0 Å². The second-order valence-electron chi connectivity index (χ2n) is 6.26. The summed E-state index contributed by atoms with van der Waals surface area (Å²) in [5, 5.41) is 52.5. The lowest BCUT2D eigenvalue weighted by molar-refractivity contribution is -0.190. The van der Waals surface area contributed by atoms with Crippen LogP contribution >= 0.6 is 0 Å².